The van der Waals surface area contributed by atoms with Crippen LogP contribution in [0.25, 0.3) is 0 Å². The lowest BCUT2D eigenvalue weighted by Crippen LogP contribution is -2.28. The first-order valence-corrected chi connectivity index (χ1v) is 7.95. The first-order chi connectivity index (χ1) is 11.7. The fourth-order valence-corrected chi connectivity index (χ4v) is 2.26. The molecule has 1 aromatic carbocycles. The fourth-order valence-electron chi connectivity index (χ4n) is 2.03. The van der Waals surface area contributed by atoms with Crippen LogP contribution in [0.5, 0.6) is 11.5 Å². The number of halogens is 1. The molecular weight excluding hydrogens is 344 g/mol. The van der Waals surface area contributed by atoms with Gasteiger partial charge in [0.1, 0.15) is 17.2 Å². The van der Waals surface area contributed by atoms with Gasteiger partial charge in [0.25, 0.3) is 5.91 Å². The quantitative estimate of drug-likeness (QED) is 0.843. The van der Waals surface area contributed by atoms with E-state index in [1.54, 1.807) is 12.1 Å². The van der Waals surface area contributed by atoms with Gasteiger partial charge in [0.2, 0.25) is 5.95 Å². The second-order valence-electron chi connectivity index (χ2n) is 6.28. The van der Waals surface area contributed by atoms with E-state index in [-0.39, 0.29) is 11.2 Å². The number of nitrogens with one attached hydrogen (secondary N) is 2. The summed E-state index contributed by atoms with van der Waals surface area (Å²) in [5.74, 6) is 0.819. The molecule has 2 rings (SSSR count). The standard InChI is InChI=1S/C17H21ClN4O3/c1-17(2,3)22-16-19-7-6-11(21-16)15(23)20-12-9-13(24-4)10(18)8-14(12)25-5/h6-9H,1-5H3,(H,20,23)(H,19,21,22). The number of hydrogen-bond donors (Lipinski definition) is 2. The van der Waals surface area contributed by atoms with Crippen molar-refractivity contribution in [3.8, 4) is 11.5 Å². The van der Waals surface area contributed by atoms with Crippen molar-refractivity contribution in [2.24, 2.45) is 0 Å². The average Bonchev–Trinajstić information content (AvgIpc) is 2.54. The van der Waals surface area contributed by atoms with Crippen molar-refractivity contribution in [1.82, 2.24) is 9.97 Å². The van der Waals surface area contributed by atoms with Gasteiger partial charge in [-0.15, -0.1) is 0 Å². The maximum Gasteiger partial charge on any atom is 0.274 e. The van der Waals surface area contributed by atoms with E-state index >= 15 is 0 Å². The topological polar surface area (TPSA) is 85.4 Å². The molecule has 1 amide bonds. The summed E-state index contributed by atoms with van der Waals surface area (Å²) in [4.78, 5) is 20.9. The number of carbonyl (C=O) groups is 1. The van der Waals surface area contributed by atoms with Crippen LogP contribution in [0, 0.1) is 0 Å². The number of carbonyl (C=O) groups excluding carboxylic acids is 1. The van der Waals surface area contributed by atoms with Crippen LogP contribution in [0.3, 0.4) is 0 Å². The minimum Gasteiger partial charge on any atom is -0.495 e. The number of benzene rings is 1. The number of nitrogens with zero attached hydrogens (tertiary/aromatic N) is 2. The van der Waals surface area contributed by atoms with E-state index in [0.29, 0.717) is 28.2 Å². The molecule has 0 aliphatic rings. The molecule has 8 heteroatoms. The number of rotatable bonds is 5. The van der Waals surface area contributed by atoms with E-state index in [9.17, 15) is 4.79 Å². The van der Waals surface area contributed by atoms with Gasteiger partial charge in [0.15, 0.2) is 0 Å². The van der Waals surface area contributed by atoms with Crippen molar-refractivity contribution >= 4 is 29.1 Å². The molecule has 0 atom stereocenters. The van der Waals surface area contributed by atoms with Gasteiger partial charge in [0, 0.05) is 23.9 Å². The number of methoxy groups -OCH3 is 2. The van der Waals surface area contributed by atoms with Crippen molar-refractivity contribution < 1.29 is 14.3 Å². The highest BCUT2D eigenvalue weighted by atomic mass is 35.5. The number of amides is 1. The third-order valence-electron chi connectivity index (χ3n) is 3.10. The van der Waals surface area contributed by atoms with Crippen LogP contribution in [0.1, 0.15) is 31.3 Å². The predicted octanol–water partition coefficient (Wildman–Crippen LogP) is 3.61. The summed E-state index contributed by atoms with van der Waals surface area (Å²) in [6, 6.07) is 4.69. The minimum absolute atomic E-state index is 0.220. The van der Waals surface area contributed by atoms with Crippen molar-refractivity contribution in [2.45, 2.75) is 26.3 Å². The maximum absolute atomic E-state index is 12.5. The predicted molar refractivity (Wildman–Crippen MR) is 97.9 cm³/mol. The lowest BCUT2D eigenvalue weighted by molar-refractivity contribution is 0.102. The molecule has 0 saturated heterocycles. The third kappa shape index (κ3) is 4.96. The van der Waals surface area contributed by atoms with Crippen LogP contribution in [0.15, 0.2) is 24.4 Å². The number of aromatic nitrogens is 2. The second-order valence-corrected chi connectivity index (χ2v) is 6.69. The highest BCUT2D eigenvalue weighted by Crippen LogP contribution is 2.36. The molecular formula is C17H21ClN4O3. The molecule has 0 unspecified atom stereocenters. The van der Waals surface area contributed by atoms with Gasteiger partial charge < -0.3 is 20.1 Å². The summed E-state index contributed by atoms with van der Waals surface area (Å²) in [7, 11) is 2.98. The number of anilines is 2. The van der Waals surface area contributed by atoms with Gasteiger partial charge in [-0.1, -0.05) is 11.6 Å². The summed E-state index contributed by atoms with van der Waals surface area (Å²) in [6.45, 7) is 5.94. The normalized spacial score (nSPS) is 11.0. The van der Waals surface area contributed by atoms with Crippen molar-refractivity contribution in [1.29, 1.82) is 0 Å². The van der Waals surface area contributed by atoms with Crippen molar-refractivity contribution in [3.05, 3.63) is 35.1 Å². The van der Waals surface area contributed by atoms with E-state index in [1.165, 1.54) is 26.5 Å². The van der Waals surface area contributed by atoms with Gasteiger partial charge in [-0.2, -0.15) is 0 Å². The Morgan fingerprint density at radius 1 is 1.16 bits per heavy atom. The molecule has 0 radical (unpaired) electrons. The molecule has 1 aromatic heterocycles. The zero-order chi connectivity index (χ0) is 18.6. The summed E-state index contributed by atoms with van der Waals surface area (Å²) in [5, 5.41) is 6.26. The van der Waals surface area contributed by atoms with Crippen LogP contribution in [0.4, 0.5) is 11.6 Å². The molecule has 0 bridgehead atoms. The first-order valence-electron chi connectivity index (χ1n) is 7.57. The first kappa shape index (κ1) is 18.8. The van der Waals surface area contributed by atoms with Crippen LogP contribution in [-0.4, -0.2) is 35.6 Å². The monoisotopic (exact) mass is 364 g/mol. The van der Waals surface area contributed by atoms with Crippen LogP contribution >= 0.6 is 11.6 Å². The zero-order valence-corrected chi connectivity index (χ0v) is 15.6. The molecule has 0 fully saturated rings. The van der Waals surface area contributed by atoms with E-state index < -0.39 is 5.91 Å². The molecule has 0 saturated carbocycles. The Kier molecular flexibility index (Phi) is 5.69. The van der Waals surface area contributed by atoms with E-state index in [4.69, 9.17) is 21.1 Å². The summed E-state index contributed by atoms with van der Waals surface area (Å²) in [6.07, 6.45) is 1.52. The SMILES string of the molecule is COc1cc(NC(=O)c2ccnc(NC(C)(C)C)n2)c(OC)cc1Cl. The Morgan fingerprint density at radius 2 is 1.84 bits per heavy atom. The van der Waals surface area contributed by atoms with Gasteiger partial charge in [-0.3, -0.25) is 4.79 Å². The van der Waals surface area contributed by atoms with E-state index in [1.807, 2.05) is 20.8 Å². The Balaban J connectivity index is 2.27. The molecule has 25 heavy (non-hydrogen) atoms. The zero-order valence-electron chi connectivity index (χ0n) is 14.8. The Labute approximate surface area is 151 Å². The van der Waals surface area contributed by atoms with Gasteiger partial charge in [-0.25, -0.2) is 9.97 Å². The largest absolute Gasteiger partial charge is 0.495 e. The third-order valence-corrected chi connectivity index (χ3v) is 3.39. The Bertz CT molecular complexity index is 775. The number of ether oxygens (including phenoxy) is 2. The highest BCUT2D eigenvalue weighted by molar-refractivity contribution is 6.32. The molecule has 7 nitrogen and oxygen atoms in total. The summed E-state index contributed by atoms with van der Waals surface area (Å²) >= 11 is 6.07. The summed E-state index contributed by atoms with van der Waals surface area (Å²) in [5.41, 5.74) is 0.428. The van der Waals surface area contributed by atoms with Crippen molar-refractivity contribution in [2.75, 3.05) is 24.9 Å². The lowest BCUT2D eigenvalue weighted by Gasteiger charge is -2.20. The average molecular weight is 365 g/mol. The van der Waals surface area contributed by atoms with Crippen LogP contribution in [0.2, 0.25) is 5.02 Å². The summed E-state index contributed by atoms with van der Waals surface area (Å²) < 4.78 is 10.4. The molecule has 0 aliphatic carbocycles. The Morgan fingerprint density at radius 3 is 2.44 bits per heavy atom. The van der Waals surface area contributed by atoms with Gasteiger partial charge in [0.05, 0.1) is 24.9 Å². The molecule has 2 aromatic rings. The van der Waals surface area contributed by atoms with Crippen molar-refractivity contribution in [3.63, 3.8) is 0 Å². The van der Waals surface area contributed by atoms with Gasteiger partial charge >= 0.3 is 0 Å². The van der Waals surface area contributed by atoms with Crippen LogP contribution in [-0.2, 0) is 0 Å². The van der Waals surface area contributed by atoms with Gasteiger partial charge in [-0.05, 0) is 26.8 Å². The smallest absolute Gasteiger partial charge is 0.274 e. The second kappa shape index (κ2) is 7.57. The van der Waals surface area contributed by atoms with E-state index in [0.717, 1.165) is 0 Å². The molecule has 134 valence electrons. The molecule has 0 aliphatic heterocycles. The minimum atomic E-state index is -0.401. The fraction of sp³-hybridized carbons (Fsp3) is 0.353. The Hall–Kier alpha value is -2.54. The number of hydrogen-bond acceptors (Lipinski definition) is 6. The van der Waals surface area contributed by atoms with Crippen LogP contribution < -0.4 is 20.1 Å². The lowest BCUT2D eigenvalue weighted by atomic mass is 10.1. The molecule has 0 spiro atoms. The molecule has 2 N–H and O–H groups in total. The highest BCUT2D eigenvalue weighted by Gasteiger charge is 2.16. The van der Waals surface area contributed by atoms with E-state index in [2.05, 4.69) is 20.6 Å². The maximum atomic E-state index is 12.5. The molecule has 1 heterocycles.